The van der Waals surface area contributed by atoms with Crippen LogP contribution in [0.25, 0.3) is 0 Å². The smallest absolute Gasteiger partial charge is 0.336 e. The number of esters is 2. The standard InChI is InChI=1S/C30H36N2O7S/c1-20-26(29(34)38-3)28(23-10-8-11-24(19-23)32(36)37)27(21(2)31-20)30(35)39-17-6-7-18-40-25-14-12-22(13-15-25)9-4-5-16-33/h8,10-15,19,26,28,33H,4-7,9,16-18H2,1-3H3. The number of aliphatic hydroxyl groups is 1. The molecule has 9 nitrogen and oxygen atoms in total. The Labute approximate surface area is 238 Å². The number of aliphatic imine (C=N–C) groups is 1. The van der Waals surface area contributed by atoms with E-state index in [0.29, 0.717) is 23.4 Å². The summed E-state index contributed by atoms with van der Waals surface area (Å²) in [5.74, 6) is -2.03. The van der Waals surface area contributed by atoms with Crippen LogP contribution in [0.4, 0.5) is 5.69 Å². The van der Waals surface area contributed by atoms with Gasteiger partial charge in [-0.15, -0.1) is 11.8 Å². The summed E-state index contributed by atoms with van der Waals surface area (Å²) in [6, 6.07) is 14.4. The van der Waals surface area contributed by atoms with Gasteiger partial charge in [-0.3, -0.25) is 19.9 Å². The summed E-state index contributed by atoms with van der Waals surface area (Å²) in [5, 5.41) is 20.3. The number of unbranched alkanes of at least 4 members (excludes halogenated alkanes) is 2. The first-order valence-corrected chi connectivity index (χ1v) is 14.3. The van der Waals surface area contributed by atoms with Gasteiger partial charge < -0.3 is 14.6 Å². The molecule has 1 N–H and O–H groups in total. The fraction of sp³-hybridized carbons (Fsp3) is 0.433. The molecule has 1 aliphatic rings. The van der Waals surface area contributed by atoms with Gasteiger partial charge in [0.05, 0.1) is 24.2 Å². The molecule has 2 atom stereocenters. The van der Waals surface area contributed by atoms with Crippen LogP contribution >= 0.6 is 11.8 Å². The highest BCUT2D eigenvalue weighted by Gasteiger charge is 2.42. The van der Waals surface area contributed by atoms with E-state index in [9.17, 15) is 19.7 Å². The van der Waals surface area contributed by atoms with E-state index in [-0.39, 0.29) is 24.5 Å². The molecule has 1 aliphatic heterocycles. The van der Waals surface area contributed by atoms with Gasteiger partial charge in [-0.1, -0.05) is 24.3 Å². The minimum atomic E-state index is -0.907. The van der Waals surface area contributed by atoms with Gasteiger partial charge in [0.25, 0.3) is 5.69 Å². The van der Waals surface area contributed by atoms with E-state index >= 15 is 0 Å². The summed E-state index contributed by atoms with van der Waals surface area (Å²) in [5.41, 5.74) is 2.65. The van der Waals surface area contributed by atoms with Crippen LogP contribution in [0.2, 0.25) is 0 Å². The fourth-order valence-electron chi connectivity index (χ4n) is 4.76. The van der Waals surface area contributed by atoms with Crippen molar-refractivity contribution in [2.24, 2.45) is 10.9 Å². The van der Waals surface area contributed by atoms with E-state index in [1.165, 1.54) is 35.8 Å². The number of nitrogens with zero attached hydrogens (tertiary/aromatic N) is 2. The molecule has 10 heteroatoms. The van der Waals surface area contributed by atoms with E-state index in [1.54, 1.807) is 31.7 Å². The lowest BCUT2D eigenvalue weighted by molar-refractivity contribution is -0.384. The first-order chi connectivity index (χ1) is 19.3. The number of carbonyl (C=O) groups excluding carboxylic acids is 2. The third-order valence-corrected chi connectivity index (χ3v) is 7.88. The maximum absolute atomic E-state index is 13.3. The Morgan fingerprint density at radius 2 is 1.82 bits per heavy atom. The van der Waals surface area contributed by atoms with Gasteiger partial charge in [0.2, 0.25) is 0 Å². The number of thioether (sulfide) groups is 1. The number of hydrogen-bond donors (Lipinski definition) is 1. The predicted molar refractivity (Wildman–Crippen MR) is 155 cm³/mol. The number of benzene rings is 2. The quantitative estimate of drug-likeness (QED) is 0.102. The predicted octanol–water partition coefficient (Wildman–Crippen LogP) is 5.65. The summed E-state index contributed by atoms with van der Waals surface area (Å²) in [4.78, 5) is 42.6. The number of allylic oxidation sites excluding steroid dienone is 1. The third kappa shape index (κ3) is 8.25. The van der Waals surface area contributed by atoms with Crippen molar-refractivity contribution in [1.29, 1.82) is 0 Å². The highest BCUT2D eigenvalue weighted by molar-refractivity contribution is 7.99. The van der Waals surface area contributed by atoms with Crippen molar-refractivity contribution in [3.8, 4) is 0 Å². The summed E-state index contributed by atoms with van der Waals surface area (Å²) in [6.07, 6.45) is 4.24. The average molecular weight is 569 g/mol. The van der Waals surface area contributed by atoms with Gasteiger partial charge >= 0.3 is 11.9 Å². The Morgan fingerprint density at radius 1 is 1.07 bits per heavy atom. The van der Waals surface area contributed by atoms with Crippen LogP contribution in [0.15, 0.2) is 69.7 Å². The molecule has 0 saturated heterocycles. The number of methoxy groups -OCH3 is 1. The van der Waals surface area contributed by atoms with Crippen LogP contribution in [0.1, 0.15) is 56.6 Å². The van der Waals surface area contributed by atoms with Crippen LogP contribution < -0.4 is 0 Å². The van der Waals surface area contributed by atoms with Crippen LogP contribution in [0.5, 0.6) is 0 Å². The maximum Gasteiger partial charge on any atom is 0.336 e. The number of aliphatic hydroxyl groups excluding tert-OH is 1. The van der Waals surface area contributed by atoms with Gasteiger partial charge in [0.15, 0.2) is 0 Å². The molecule has 0 amide bonds. The van der Waals surface area contributed by atoms with Crippen molar-refractivity contribution >= 4 is 35.1 Å². The molecule has 0 spiro atoms. The van der Waals surface area contributed by atoms with Gasteiger partial charge in [0.1, 0.15) is 5.92 Å². The average Bonchev–Trinajstić information content (AvgIpc) is 2.95. The SMILES string of the molecule is COC(=O)C1C(C)=NC(C)=C(C(=O)OCCCCSc2ccc(CCCCO)cc2)C1c1cccc([N+](=O)[O-])c1. The highest BCUT2D eigenvalue weighted by atomic mass is 32.2. The largest absolute Gasteiger partial charge is 0.468 e. The number of aryl methyl sites for hydroxylation is 1. The maximum atomic E-state index is 13.3. The Kier molecular flexibility index (Phi) is 11.9. The molecule has 0 aromatic heterocycles. The molecule has 3 rings (SSSR count). The molecule has 0 fully saturated rings. The summed E-state index contributed by atoms with van der Waals surface area (Å²) in [6.45, 7) is 3.78. The number of nitro benzene ring substituents is 1. The monoisotopic (exact) mass is 568 g/mol. The molecular weight excluding hydrogens is 532 g/mol. The van der Waals surface area contributed by atoms with Gasteiger partial charge in [-0.25, -0.2) is 4.79 Å². The topological polar surface area (TPSA) is 128 Å². The van der Waals surface area contributed by atoms with Crippen molar-refractivity contribution in [3.05, 3.63) is 81.0 Å². The zero-order chi connectivity index (χ0) is 29.1. The minimum absolute atomic E-state index is 0.138. The van der Waals surface area contributed by atoms with Crippen molar-refractivity contribution in [2.75, 3.05) is 26.1 Å². The van der Waals surface area contributed by atoms with E-state index in [2.05, 4.69) is 29.3 Å². The third-order valence-electron chi connectivity index (χ3n) is 6.78. The zero-order valence-corrected chi connectivity index (χ0v) is 23.9. The number of ether oxygens (including phenoxy) is 2. The lowest BCUT2D eigenvalue weighted by Gasteiger charge is -2.31. The number of carbonyl (C=O) groups is 2. The molecule has 2 unspecified atom stereocenters. The van der Waals surface area contributed by atoms with Crippen molar-refractivity contribution < 1.29 is 29.1 Å². The molecule has 214 valence electrons. The Bertz CT molecular complexity index is 1260. The molecule has 1 heterocycles. The lowest BCUT2D eigenvalue weighted by atomic mass is 9.75. The fourth-order valence-corrected chi connectivity index (χ4v) is 5.67. The van der Waals surface area contributed by atoms with E-state index in [4.69, 9.17) is 14.6 Å². The second kappa shape index (κ2) is 15.3. The van der Waals surface area contributed by atoms with Gasteiger partial charge in [-0.2, -0.15) is 0 Å². The molecule has 0 radical (unpaired) electrons. The number of rotatable bonds is 14. The van der Waals surface area contributed by atoms with Crippen LogP contribution in [0.3, 0.4) is 0 Å². The molecule has 40 heavy (non-hydrogen) atoms. The number of nitro groups is 1. The van der Waals surface area contributed by atoms with Crippen molar-refractivity contribution in [3.63, 3.8) is 0 Å². The molecule has 2 aromatic rings. The van der Waals surface area contributed by atoms with Crippen LogP contribution in [0, 0.1) is 16.0 Å². The lowest BCUT2D eigenvalue weighted by Crippen LogP contribution is -2.36. The first kappa shape index (κ1) is 31.0. The van der Waals surface area contributed by atoms with Crippen molar-refractivity contribution in [1.82, 2.24) is 0 Å². The normalized spacial score (nSPS) is 16.9. The molecule has 0 saturated carbocycles. The van der Waals surface area contributed by atoms with Crippen LogP contribution in [-0.2, 0) is 25.5 Å². The molecular formula is C30H36N2O7S. The second-order valence-electron chi connectivity index (χ2n) is 9.60. The number of hydrogen-bond acceptors (Lipinski definition) is 9. The van der Waals surface area contributed by atoms with Crippen LogP contribution in [-0.4, -0.2) is 53.8 Å². The Hall–Kier alpha value is -3.50. The van der Waals surface area contributed by atoms with E-state index in [0.717, 1.165) is 31.4 Å². The Balaban J connectivity index is 1.61. The van der Waals surface area contributed by atoms with Gasteiger partial charge in [0, 0.05) is 41.0 Å². The van der Waals surface area contributed by atoms with E-state index in [1.807, 2.05) is 0 Å². The highest BCUT2D eigenvalue weighted by Crippen LogP contribution is 2.41. The van der Waals surface area contributed by atoms with Crippen molar-refractivity contribution in [2.45, 2.75) is 56.8 Å². The second-order valence-corrected chi connectivity index (χ2v) is 10.8. The molecule has 0 bridgehead atoms. The zero-order valence-electron chi connectivity index (χ0n) is 23.1. The summed E-state index contributed by atoms with van der Waals surface area (Å²) < 4.78 is 10.6. The number of non-ortho nitro benzene ring substituents is 1. The Morgan fingerprint density at radius 3 is 2.50 bits per heavy atom. The van der Waals surface area contributed by atoms with E-state index < -0.39 is 28.7 Å². The van der Waals surface area contributed by atoms with Gasteiger partial charge in [-0.05, 0) is 75.0 Å². The summed E-state index contributed by atoms with van der Waals surface area (Å²) in [7, 11) is 1.26. The molecule has 0 aliphatic carbocycles. The summed E-state index contributed by atoms with van der Waals surface area (Å²) >= 11 is 1.74. The molecule has 2 aromatic carbocycles. The minimum Gasteiger partial charge on any atom is -0.468 e. The first-order valence-electron chi connectivity index (χ1n) is 13.3.